The van der Waals surface area contributed by atoms with Gasteiger partial charge in [-0.3, -0.25) is 4.98 Å². The Morgan fingerprint density at radius 3 is 2.87 bits per heavy atom. The van der Waals surface area contributed by atoms with Gasteiger partial charge in [0.2, 0.25) is 0 Å². The van der Waals surface area contributed by atoms with Crippen LogP contribution in [0.2, 0.25) is 0 Å². The van der Waals surface area contributed by atoms with Gasteiger partial charge in [0.05, 0.1) is 5.69 Å². The summed E-state index contributed by atoms with van der Waals surface area (Å²) in [6, 6.07) is 6.56. The molecule has 0 saturated heterocycles. The largest absolute Gasteiger partial charge is 0.362 e. The first kappa shape index (κ1) is 8.72. The van der Waals surface area contributed by atoms with Crippen LogP contribution in [0.3, 0.4) is 0 Å². The number of fused-ring (bicyclic) bond motifs is 2. The van der Waals surface area contributed by atoms with Crippen LogP contribution in [0.4, 0.5) is 0 Å². The molecule has 2 aromatic rings. The molecule has 0 radical (unpaired) electrons. The first-order chi connectivity index (χ1) is 7.22. The van der Waals surface area contributed by atoms with Crippen LogP contribution in [-0.2, 0) is 12.8 Å². The highest BCUT2D eigenvalue weighted by atomic mass is 14.8. The summed E-state index contributed by atoms with van der Waals surface area (Å²) >= 11 is 0. The maximum atomic E-state index is 4.60. The molecule has 1 N–H and O–H groups in total. The summed E-state index contributed by atoms with van der Waals surface area (Å²) in [7, 11) is 0. The number of rotatable bonds is 0. The second-order valence-electron chi connectivity index (χ2n) is 4.37. The van der Waals surface area contributed by atoms with Gasteiger partial charge in [-0.1, -0.05) is 6.07 Å². The minimum Gasteiger partial charge on any atom is -0.362 e. The summed E-state index contributed by atoms with van der Waals surface area (Å²) in [5.74, 6) is 0. The van der Waals surface area contributed by atoms with Gasteiger partial charge in [-0.25, -0.2) is 0 Å². The van der Waals surface area contributed by atoms with E-state index >= 15 is 0 Å². The Hall–Kier alpha value is -1.57. The molecule has 0 atom stereocenters. The van der Waals surface area contributed by atoms with Crippen LogP contribution in [0.25, 0.3) is 0 Å². The average Bonchev–Trinajstić information content (AvgIpc) is 2.53. The third-order valence-corrected chi connectivity index (χ3v) is 3.06. The zero-order valence-electron chi connectivity index (χ0n) is 9.09. The predicted molar refractivity (Wildman–Crippen MR) is 60.1 cm³/mol. The fourth-order valence-corrected chi connectivity index (χ4v) is 2.34. The molecule has 0 bridgehead atoms. The summed E-state index contributed by atoms with van der Waals surface area (Å²) in [5.41, 5.74) is 7.77. The first-order valence-electron chi connectivity index (χ1n) is 5.35. The van der Waals surface area contributed by atoms with Crippen molar-refractivity contribution in [2.24, 2.45) is 0 Å². The Morgan fingerprint density at radius 1 is 1.13 bits per heavy atom. The molecule has 0 fully saturated rings. The number of nitrogens with one attached hydrogen (secondary N) is 1. The molecule has 0 unspecified atom stereocenters. The van der Waals surface area contributed by atoms with Gasteiger partial charge in [0.25, 0.3) is 0 Å². The van der Waals surface area contributed by atoms with Gasteiger partial charge >= 0.3 is 0 Å². The van der Waals surface area contributed by atoms with E-state index in [1.165, 1.54) is 28.2 Å². The van der Waals surface area contributed by atoms with Gasteiger partial charge in [0.1, 0.15) is 0 Å². The topological polar surface area (TPSA) is 28.7 Å². The molecular weight excluding hydrogens is 184 g/mol. The van der Waals surface area contributed by atoms with Crippen molar-refractivity contribution >= 4 is 0 Å². The minimum absolute atomic E-state index is 0.959. The van der Waals surface area contributed by atoms with E-state index in [0.29, 0.717) is 0 Å². The fraction of sp³-hybridized carbons (Fsp3) is 0.308. The predicted octanol–water partition coefficient (Wildman–Crippen LogP) is 2.52. The van der Waals surface area contributed by atoms with E-state index in [2.05, 4.69) is 42.0 Å². The molecule has 2 aromatic heterocycles. The van der Waals surface area contributed by atoms with E-state index in [1.807, 2.05) is 0 Å². The lowest BCUT2D eigenvalue weighted by Gasteiger charge is -2.15. The van der Waals surface area contributed by atoms with Crippen LogP contribution in [0, 0.1) is 13.8 Å². The zero-order valence-corrected chi connectivity index (χ0v) is 9.09. The lowest BCUT2D eigenvalue weighted by Crippen LogP contribution is -2.08. The molecule has 15 heavy (non-hydrogen) atoms. The third kappa shape index (κ3) is 1.37. The average molecular weight is 198 g/mol. The van der Waals surface area contributed by atoms with E-state index in [4.69, 9.17) is 0 Å². The Morgan fingerprint density at radius 2 is 2.00 bits per heavy atom. The third-order valence-electron chi connectivity index (χ3n) is 3.06. The quantitative estimate of drug-likeness (QED) is 0.590. The number of pyridine rings is 1. The van der Waals surface area contributed by atoms with Gasteiger partial charge in [0.15, 0.2) is 0 Å². The SMILES string of the molecule is Cc1ccc2c(n1)Cc1[nH]c(C)cc1C2. The summed E-state index contributed by atoms with van der Waals surface area (Å²) < 4.78 is 0. The Labute approximate surface area is 89.4 Å². The van der Waals surface area contributed by atoms with Crippen molar-refractivity contribution in [3.63, 3.8) is 0 Å². The number of H-pyrrole nitrogens is 1. The normalized spacial score (nSPS) is 13.5. The Balaban J connectivity index is 2.10. The van der Waals surface area contributed by atoms with E-state index < -0.39 is 0 Å². The number of aromatic amines is 1. The number of nitrogens with zero attached hydrogens (tertiary/aromatic N) is 1. The standard InChI is InChI=1S/C13H14N2/c1-8-3-4-10-6-11-5-9(2)15-13(11)7-12(10)14-8/h3-5,15H,6-7H2,1-2H3. The monoisotopic (exact) mass is 198 g/mol. The van der Waals surface area contributed by atoms with E-state index in [1.54, 1.807) is 0 Å². The summed E-state index contributed by atoms with van der Waals surface area (Å²) in [5, 5.41) is 0. The number of hydrogen-bond acceptors (Lipinski definition) is 1. The molecule has 0 saturated carbocycles. The molecule has 3 rings (SSSR count). The van der Waals surface area contributed by atoms with Gasteiger partial charge in [-0.05, 0) is 37.1 Å². The molecule has 1 aliphatic carbocycles. The van der Waals surface area contributed by atoms with Crippen LogP contribution in [0.5, 0.6) is 0 Å². The highest BCUT2D eigenvalue weighted by Gasteiger charge is 2.17. The Bertz CT molecular complexity index is 523. The van der Waals surface area contributed by atoms with Gasteiger partial charge in [0, 0.05) is 29.9 Å². The molecule has 0 spiro atoms. The van der Waals surface area contributed by atoms with E-state index in [0.717, 1.165) is 18.5 Å². The second-order valence-corrected chi connectivity index (χ2v) is 4.37. The molecular formula is C13H14N2. The molecule has 0 amide bonds. The van der Waals surface area contributed by atoms with Crippen LogP contribution >= 0.6 is 0 Å². The van der Waals surface area contributed by atoms with Gasteiger partial charge in [-0.15, -0.1) is 0 Å². The van der Waals surface area contributed by atoms with E-state index in [-0.39, 0.29) is 0 Å². The number of aromatic nitrogens is 2. The van der Waals surface area contributed by atoms with Crippen molar-refractivity contribution in [3.05, 3.63) is 52.1 Å². The number of hydrogen-bond donors (Lipinski definition) is 1. The fourth-order valence-electron chi connectivity index (χ4n) is 2.34. The van der Waals surface area contributed by atoms with Gasteiger partial charge < -0.3 is 4.98 Å². The lowest BCUT2D eigenvalue weighted by molar-refractivity contribution is 0.904. The Kier molecular flexibility index (Phi) is 1.72. The second kappa shape index (κ2) is 2.96. The summed E-state index contributed by atoms with van der Waals surface area (Å²) in [4.78, 5) is 8.02. The summed E-state index contributed by atoms with van der Waals surface area (Å²) in [6.45, 7) is 4.16. The van der Waals surface area contributed by atoms with Crippen LogP contribution < -0.4 is 0 Å². The highest BCUT2D eigenvalue weighted by Crippen LogP contribution is 2.26. The molecule has 0 aliphatic heterocycles. The number of aryl methyl sites for hydroxylation is 2. The molecule has 2 nitrogen and oxygen atoms in total. The van der Waals surface area contributed by atoms with Crippen LogP contribution in [0.1, 0.15) is 33.9 Å². The lowest BCUT2D eigenvalue weighted by atomic mass is 9.94. The smallest absolute Gasteiger partial charge is 0.0500 e. The maximum absolute atomic E-state index is 4.60. The van der Waals surface area contributed by atoms with Gasteiger partial charge in [-0.2, -0.15) is 0 Å². The molecule has 0 aromatic carbocycles. The molecule has 76 valence electrons. The first-order valence-corrected chi connectivity index (χ1v) is 5.35. The van der Waals surface area contributed by atoms with Crippen LogP contribution in [-0.4, -0.2) is 9.97 Å². The highest BCUT2D eigenvalue weighted by molar-refractivity contribution is 5.41. The van der Waals surface area contributed by atoms with Crippen molar-refractivity contribution in [1.29, 1.82) is 0 Å². The maximum Gasteiger partial charge on any atom is 0.0500 e. The van der Waals surface area contributed by atoms with Crippen LogP contribution in [0.15, 0.2) is 18.2 Å². The molecule has 2 heterocycles. The van der Waals surface area contributed by atoms with Crippen molar-refractivity contribution in [2.75, 3.05) is 0 Å². The molecule has 2 heteroatoms. The summed E-state index contributed by atoms with van der Waals surface area (Å²) in [6.07, 6.45) is 1.99. The van der Waals surface area contributed by atoms with Crippen molar-refractivity contribution in [2.45, 2.75) is 26.7 Å². The molecule has 1 aliphatic rings. The van der Waals surface area contributed by atoms with Crippen molar-refractivity contribution in [1.82, 2.24) is 9.97 Å². The minimum atomic E-state index is 0.959. The van der Waals surface area contributed by atoms with Crippen molar-refractivity contribution in [3.8, 4) is 0 Å². The zero-order chi connectivity index (χ0) is 10.4. The van der Waals surface area contributed by atoms with E-state index in [9.17, 15) is 0 Å². The van der Waals surface area contributed by atoms with Crippen molar-refractivity contribution < 1.29 is 0 Å².